The van der Waals surface area contributed by atoms with Crippen molar-refractivity contribution >= 4 is 17.1 Å². The quantitative estimate of drug-likeness (QED) is 0.559. The van der Waals surface area contributed by atoms with Crippen molar-refractivity contribution < 1.29 is 18.7 Å². The lowest BCUT2D eigenvalue weighted by atomic mass is 10.1. The van der Waals surface area contributed by atoms with Crippen molar-refractivity contribution in [3.05, 3.63) is 29.6 Å². The van der Waals surface area contributed by atoms with Gasteiger partial charge < -0.3 is 9.47 Å². The van der Waals surface area contributed by atoms with Crippen LogP contribution in [0, 0.1) is 5.82 Å². The molecule has 106 valence electrons. The number of rotatable bonds is 7. The van der Waals surface area contributed by atoms with Crippen LogP contribution in [0.15, 0.2) is 18.2 Å². The van der Waals surface area contributed by atoms with Gasteiger partial charge in [-0.05, 0) is 55.8 Å². The second-order valence-corrected chi connectivity index (χ2v) is 4.66. The molecule has 0 heterocycles. The van der Waals surface area contributed by atoms with Crippen LogP contribution in [0.25, 0.3) is 0 Å². The van der Waals surface area contributed by atoms with Gasteiger partial charge in [0.2, 0.25) is 0 Å². The lowest BCUT2D eigenvalue weighted by Gasteiger charge is -2.08. The van der Waals surface area contributed by atoms with E-state index in [9.17, 15) is 9.18 Å². The molecule has 0 N–H and O–H groups in total. The van der Waals surface area contributed by atoms with Crippen molar-refractivity contribution in [3.63, 3.8) is 0 Å². The van der Waals surface area contributed by atoms with E-state index in [0.29, 0.717) is 30.9 Å². The van der Waals surface area contributed by atoms with Crippen LogP contribution < -0.4 is 4.74 Å². The lowest BCUT2D eigenvalue weighted by molar-refractivity contribution is 0.173. The van der Waals surface area contributed by atoms with E-state index in [2.05, 4.69) is 0 Å². The molecular formula is C14H19FO3S. The van der Waals surface area contributed by atoms with Crippen molar-refractivity contribution in [3.8, 4) is 5.75 Å². The minimum atomic E-state index is -0.287. The second-order valence-electron chi connectivity index (χ2n) is 3.92. The highest BCUT2D eigenvalue weighted by Gasteiger charge is 2.08. The van der Waals surface area contributed by atoms with Crippen LogP contribution in [0.2, 0.25) is 0 Å². The van der Waals surface area contributed by atoms with Crippen LogP contribution in [-0.4, -0.2) is 24.8 Å². The van der Waals surface area contributed by atoms with Crippen molar-refractivity contribution in [2.45, 2.75) is 26.2 Å². The zero-order valence-corrected chi connectivity index (χ0v) is 12.1. The summed E-state index contributed by atoms with van der Waals surface area (Å²) in [7, 11) is 0. The van der Waals surface area contributed by atoms with Crippen molar-refractivity contribution in [2.75, 3.05) is 19.5 Å². The van der Waals surface area contributed by atoms with Gasteiger partial charge in [-0.1, -0.05) is 12.1 Å². The standard InChI is InChI=1S/C14H19FO3S/c1-3-17-12-9-6-8-11(13(12)15)7-4-5-10-18-14(16)19-2/h6,8-9H,3-5,7,10H2,1-2H3. The van der Waals surface area contributed by atoms with Gasteiger partial charge >= 0.3 is 5.30 Å². The number of halogens is 1. The van der Waals surface area contributed by atoms with Crippen LogP contribution in [-0.2, 0) is 11.2 Å². The number of hydrogen-bond donors (Lipinski definition) is 0. The van der Waals surface area contributed by atoms with Crippen LogP contribution in [0.5, 0.6) is 5.75 Å². The summed E-state index contributed by atoms with van der Waals surface area (Å²) in [5.74, 6) is 0.0132. The zero-order chi connectivity index (χ0) is 14.1. The Hall–Kier alpha value is -1.23. The normalized spacial score (nSPS) is 10.3. The fourth-order valence-corrected chi connectivity index (χ4v) is 1.85. The molecule has 0 atom stereocenters. The van der Waals surface area contributed by atoms with Crippen LogP contribution in [0.3, 0.4) is 0 Å². The van der Waals surface area contributed by atoms with Gasteiger partial charge in [-0.2, -0.15) is 0 Å². The molecule has 0 amide bonds. The summed E-state index contributed by atoms with van der Waals surface area (Å²) in [5.41, 5.74) is 0.641. The molecule has 0 aliphatic carbocycles. The number of carbonyl (C=O) groups is 1. The summed E-state index contributed by atoms with van der Waals surface area (Å²) in [6.07, 6.45) is 3.79. The molecule has 0 bridgehead atoms. The number of ether oxygens (including phenoxy) is 2. The maximum Gasteiger partial charge on any atom is 0.367 e. The molecule has 0 saturated heterocycles. The smallest absolute Gasteiger partial charge is 0.367 e. The molecule has 5 heteroatoms. The van der Waals surface area contributed by atoms with Gasteiger partial charge in [-0.25, -0.2) is 9.18 Å². The third-order valence-corrected chi connectivity index (χ3v) is 3.02. The molecule has 0 fully saturated rings. The third-order valence-electron chi connectivity index (χ3n) is 2.57. The van der Waals surface area contributed by atoms with Gasteiger partial charge in [-0.3, -0.25) is 0 Å². The van der Waals surface area contributed by atoms with Gasteiger partial charge in [0.25, 0.3) is 0 Å². The molecule has 19 heavy (non-hydrogen) atoms. The molecule has 3 nitrogen and oxygen atoms in total. The number of aryl methyl sites for hydroxylation is 1. The van der Waals surface area contributed by atoms with E-state index in [-0.39, 0.29) is 11.1 Å². The number of unbranched alkanes of at least 4 members (excludes halogenated alkanes) is 1. The van der Waals surface area contributed by atoms with Crippen molar-refractivity contribution in [2.24, 2.45) is 0 Å². The molecule has 0 aliphatic rings. The first-order valence-electron chi connectivity index (χ1n) is 6.30. The van der Waals surface area contributed by atoms with Crippen LogP contribution >= 0.6 is 11.8 Å². The Balaban J connectivity index is 2.37. The van der Waals surface area contributed by atoms with Gasteiger partial charge in [-0.15, -0.1) is 0 Å². The summed E-state index contributed by atoms with van der Waals surface area (Å²) in [4.78, 5) is 10.9. The highest BCUT2D eigenvalue weighted by molar-refractivity contribution is 8.12. The van der Waals surface area contributed by atoms with E-state index >= 15 is 0 Å². The molecule has 1 aromatic rings. The van der Waals surface area contributed by atoms with E-state index in [0.717, 1.165) is 24.6 Å². The Labute approximate surface area is 117 Å². The molecular weight excluding hydrogens is 267 g/mol. The van der Waals surface area contributed by atoms with Gasteiger partial charge in [0, 0.05) is 0 Å². The first kappa shape index (κ1) is 15.8. The Bertz CT molecular complexity index is 410. The Morgan fingerprint density at radius 3 is 2.84 bits per heavy atom. The zero-order valence-electron chi connectivity index (χ0n) is 11.3. The highest BCUT2D eigenvalue weighted by atomic mass is 32.2. The SMILES string of the molecule is CCOc1cccc(CCCCOC(=O)SC)c1F. The lowest BCUT2D eigenvalue weighted by Crippen LogP contribution is -2.01. The molecule has 1 rings (SSSR count). The fraction of sp³-hybridized carbons (Fsp3) is 0.500. The molecule has 1 aromatic carbocycles. The minimum absolute atomic E-state index is 0.274. The Morgan fingerprint density at radius 2 is 2.16 bits per heavy atom. The fourth-order valence-electron chi connectivity index (χ4n) is 1.65. The molecule has 0 unspecified atom stereocenters. The third kappa shape index (κ3) is 5.51. The average Bonchev–Trinajstić information content (AvgIpc) is 2.42. The topological polar surface area (TPSA) is 35.5 Å². The molecule has 0 spiro atoms. The number of thioether (sulfide) groups is 1. The van der Waals surface area contributed by atoms with E-state index in [1.807, 2.05) is 6.92 Å². The summed E-state index contributed by atoms with van der Waals surface area (Å²) < 4.78 is 24.1. The summed E-state index contributed by atoms with van der Waals surface area (Å²) in [5, 5.41) is -0.274. The maximum atomic E-state index is 13.9. The summed E-state index contributed by atoms with van der Waals surface area (Å²) >= 11 is 1.05. The largest absolute Gasteiger partial charge is 0.491 e. The monoisotopic (exact) mass is 286 g/mol. The molecule has 0 saturated carbocycles. The summed E-state index contributed by atoms with van der Waals surface area (Å²) in [6, 6.07) is 5.17. The Kier molecular flexibility index (Phi) is 7.33. The maximum absolute atomic E-state index is 13.9. The molecule has 0 aromatic heterocycles. The first-order chi connectivity index (χ1) is 9.19. The molecule has 0 aliphatic heterocycles. The minimum Gasteiger partial charge on any atom is -0.491 e. The number of benzene rings is 1. The average molecular weight is 286 g/mol. The second kappa shape index (κ2) is 8.80. The summed E-state index contributed by atoms with van der Waals surface area (Å²) in [6.45, 7) is 2.66. The predicted octanol–water partition coefficient (Wildman–Crippen LogP) is 4.05. The highest BCUT2D eigenvalue weighted by Crippen LogP contribution is 2.21. The molecule has 0 radical (unpaired) electrons. The van der Waals surface area contributed by atoms with Gasteiger partial charge in [0.15, 0.2) is 11.6 Å². The van der Waals surface area contributed by atoms with Crippen molar-refractivity contribution in [1.29, 1.82) is 0 Å². The van der Waals surface area contributed by atoms with Crippen LogP contribution in [0.4, 0.5) is 9.18 Å². The van der Waals surface area contributed by atoms with Crippen molar-refractivity contribution in [1.82, 2.24) is 0 Å². The van der Waals surface area contributed by atoms with E-state index < -0.39 is 0 Å². The van der Waals surface area contributed by atoms with E-state index in [1.165, 1.54) is 0 Å². The van der Waals surface area contributed by atoms with Gasteiger partial charge in [0.1, 0.15) is 0 Å². The Morgan fingerprint density at radius 1 is 1.37 bits per heavy atom. The predicted molar refractivity (Wildman–Crippen MR) is 75.4 cm³/mol. The van der Waals surface area contributed by atoms with E-state index in [1.54, 1.807) is 24.5 Å². The first-order valence-corrected chi connectivity index (χ1v) is 7.52. The number of hydrogen-bond acceptors (Lipinski definition) is 4. The number of carbonyl (C=O) groups excluding carboxylic acids is 1. The van der Waals surface area contributed by atoms with Gasteiger partial charge in [0.05, 0.1) is 13.2 Å². The van der Waals surface area contributed by atoms with Crippen LogP contribution in [0.1, 0.15) is 25.3 Å². The van der Waals surface area contributed by atoms with E-state index in [4.69, 9.17) is 9.47 Å².